The van der Waals surface area contributed by atoms with Gasteiger partial charge in [0.2, 0.25) is 0 Å². The standard InChI is InChI=1S/C16H25FN2/c1-5-18-16-8-9-19(13(4)12(16)3)14-6-7-15(17)11(2)10-14/h6-7,10,12-13,16,18H,5,8-9H2,1-4H3. The van der Waals surface area contributed by atoms with E-state index in [1.54, 1.807) is 6.07 Å². The SMILES string of the molecule is CCNC1CCN(c2ccc(F)c(C)c2)C(C)C1C. The first-order valence-corrected chi connectivity index (χ1v) is 7.30. The van der Waals surface area contributed by atoms with Crippen LogP contribution < -0.4 is 10.2 Å². The second-order valence-corrected chi connectivity index (χ2v) is 5.68. The lowest BCUT2D eigenvalue weighted by Crippen LogP contribution is -2.53. The van der Waals surface area contributed by atoms with Crippen molar-refractivity contribution in [2.45, 2.75) is 46.2 Å². The number of nitrogens with zero attached hydrogens (tertiary/aromatic N) is 1. The number of hydrogen-bond acceptors (Lipinski definition) is 2. The number of piperidine rings is 1. The quantitative estimate of drug-likeness (QED) is 0.900. The fourth-order valence-electron chi connectivity index (χ4n) is 3.09. The van der Waals surface area contributed by atoms with Crippen molar-refractivity contribution in [3.8, 4) is 0 Å². The summed E-state index contributed by atoms with van der Waals surface area (Å²) >= 11 is 0. The fraction of sp³-hybridized carbons (Fsp3) is 0.625. The van der Waals surface area contributed by atoms with Crippen LogP contribution in [0.3, 0.4) is 0 Å². The van der Waals surface area contributed by atoms with Gasteiger partial charge in [0, 0.05) is 24.3 Å². The predicted molar refractivity (Wildman–Crippen MR) is 79.2 cm³/mol. The Bertz CT molecular complexity index is 433. The molecular formula is C16H25FN2. The normalized spacial score (nSPS) is 27.6. The molecule has 0 amide bonds. The van der Waals surface area contributed by atoms with Gasteiger partial charge in [-0.2, -0.15) is 0 Å². The van der Waals surface area contributed by atoms with Crippen molar-refractivity contribution >= 4 is 5.69 Å². The van der Waals surface area contributed by atoms with Gasteiger partial charge in [0.05, 0.1) is 0 Å². The molecule has 1 aliphatic heterocycles. The number of rotatable bonds is 3. The summed E-state index contributed by atoms with van der Waals surface area (Å²) in [6.07, 6.45) is 1.15. The summed E-state index contributed by atoms with van der Waals surface area (Å²) in [5, 5.41) is 3.57. The van der Waals surface area contributed by atoms with Crippen molar-refractivity contribution in [1.82, 2.24) is 5.32 Å². The highest BCUT2D eigenvalue weighted by Gasteiger charge is 2.32. The van der Waals surface area contributed by atoms with Gasteiger partial charge in [0.15, 0.2) is 0 Å². The van der Waals surface area contributed by atoms with Crippen LogP contribution in [0.5, 0.6) is 0 Å². The highest BCUT2D eigenvalue weighted by atomic mass is 19.1. The third kappa shape index (κ3) is 2.92. The lowest BCUT2D eigenvalue weighted by atomic mass is 9.86. The molecule has 3 atom stereocenters. The van der Waals surface area contributed by atoms with E-state index >= 15 is 0 Å². The Hall–Kier alpha value is -1.09. The van der Waals surface area contributed by atoms with Gasteiger partial charge in [-0.1, -0.05) is 13.8 Å². The van der Waals surface area contributed by atoms with E-state index in [0.29, 0.717) is 18.0 Å². The molecule has 0 aliphatic carbocycles. The summed E-state index contributed by atoms with van der Waals surface area (Å²) in [6, 6.07) is 6.52. The average molecular weight is 264 g/mol. The zero-order chi connectivity index (χ0) is 14.0. The third-order valence-corrected chi connectivity index (χ3v) is 4.51. The molecule has 0 radical (unpaired) electrons. The Balaban J connectivity index is 2.15. The molecule has 106 valence electrons. The predicted octanol–water partition coefficient (Wildman–Crippen LogP) is 3.35. The van der Waals surface area contributed by atoms with Gasteiger partial charge in [-0.3, -0.25) is 0 Å². The Morgan fingerprint density at radius 3 is 2.74 bits per heavy atom. The summed E-state index contributed by atoms with van der Waals surface area (Å²) < 4.78 is 13.4. The lowest BCUT2D eigenvalue weighted by Gasteiger charge is -2.44. The molecule has 1 aromatic rings. The molecule has 2 rings (SSSR count). The largest absolute Gasteiger partial charge is 0.368 e. The molecule has 1 fully saturated rings. The molecule has 1 aromatic carbocycles. The molecule has 3 heteroatoms. The zero-order valence-corrected chi connectivity index (χ0v) is 12.4. The van der Waals surface area contributed by atoms with Crippen LogP contribution >= 0.6 is 0 Å². The highest BCUT2D eigenvalue weighted by molar-refractivity contribution is 5.50. The van der Waals surface area contributed by atoms with Crippen molar-refractivity contribution < 1.29 is 4.39 Å². The highest BCUT2D eigenvalue weighted by Crippen LogP contribution is 2.29. The van der Waals surface area contributed by atoms with Gasteiger partial charge in [0.1, 0.15) is 5.82 Å². The van der Waals surface area contributed by atoms with E-state index in [-0.39, 0.29) is 5.82 Å². The topological polar surface area (TPSA) is 15.3 Å². The minimum Gasteiger partial charge on any atom is -0.368 e. The van der Waals surface area contributed by atoms with Gasteiger partial charge in [-0.15, -0.1) is 0 Å². The minimum absolute atomic E-state index is 0.119. The maximum atomic E-state index is 13.4. The van der Waals surface area contributed by atoms with E-state index in [0.717, 1.165) is 30.8 Å². The first-order chi connectivity index (χ1) is 9.04. The molecule has 1 saturated heterocycles. The number of hydrogen-bond donors (Lipinski definition) is 1. The van der Waals surface area contributed by atoms with E-state index in [1.807, 2.05) is 19.1 Å². The van der Waals surface area contributed by atoms with Crippen LogP contribution in [0, 0.1) is 18.7 Å². The third-order valence-electron chi connectivity index (χ3n) is 4.51. The van der Waals surface area contributed by atoms with Crippen LogP contribution in [0.1, 0.15) is 32.8 Å². The van der Waals surface area contributed by atoms with Crippen LogP contribution in [0.15, 0.2) is 18.2 Å². The maximum absolute atomic E-state index is 13.4. The van der Waals surface area contributed by atoms with Gasteiger partial charge >= 0.3 is 0 Å². The molecule has 1 heterocycles. The first-order valence-electron chi connectivity index (χ1n) is 7.30. The first kappa shape index (κ1) is 14.3. The van der Waals surface area contributed by atoms with Crippen LogP contribution in [0.4, 0.5) is 10.1 Å². The van der Waals surface area contributed by atoms with Gasteiger partial charge in [-0.05, 0) is 56.5 Å². The van der Waals surface area contributed by atoms with Gasteiger partial charge < -0.3 is 10.2 Å². The molecule has 0 aromatic heterocycles. The van der Waals surface area contributed by atoms with Gasteiger partial charge in [0.25, 0.3) is 0 Å². The second-order valence-electron chi connectivity index (χ2n) is 5.68. The summed E-state index contributed by atoms with van der Waals surface area (Å²) in [7, 11) is 0. The van der Waals surface area contributed by atoms with Crippen molar-refractivity contribution in [2.75, 3.05) is 18.0 Å². The van der Waals surface area contributed by atoms with E-state index in [4.69, 9.17) is 0 Å². The van der Waals surface area contributed by atoms with E-state index < -0.39 is 0 Å². The fourth-order valence-corrected chi connectivity index (χ4v) is 3.09. The number of benzene rings is 1. The van der Waals surface area contributed by atoms with E-state index in [2.05, 4.69) is 31.0 Å². The Morgan fingerprint density at radius 1 is 1.37 bits per heavy atom. The maximum Gasteiger partial charge on any atom is 0.126 e. The molecule has 2 nitrogen and oxygen atoms in total. The van der Waals surface area contributed by atoms with Crippen LogP contribution in [-0.4, -0.2) is 25.2 Å². The molecule has 1 N–H and O–H groups in total. The molecule has 0 spiro atoms. The molecule has 3 unspecified atom stereocenters. The summed E-state index contributed by atoms with van der Waals surface area (Å²) in [5.41, 5.74) is 1.87. The summed E-state index contributed by atoms with van der Waals surface area (Å²) in [4.78, 5) is 2.41. The van der Waals surface area contributed by atoms with Crippen molar-refractivity contribution in [1.29, 1.82) is 0 Å². The molecule has 0 bridgehead atoms. The number of nitrogens with one attached hydrogen (secondary N) is 1. The van der Waals surface area contributed by atoms with Crippen LogP contribution in [0.25, 0.3) is 0 Å². The molecule has 19 heavy (non-hydrogen) atoms. The number of anilines is 1. The Kier molecular flexibility index (Phi) is 4.46. The van der Waals surface area contributed by atoms with E-state index in [1.165, 1.54) is 0 Å². The van der Waals surface area contributed by atoms with Crippen LogP contribution in [0.2, 0.25) is 0 Å². The summed E-state index contributed by atoms with van der Waals surface area (Å²) in [6.45, 7) is 10.6. The van der Waals surface area contributed by atoms with E-state index in [9.17, 15) is 4.39 Å². The van der Waals surface area contributed by atoms with Crippen LogP contribution in [-0.2, 0) is 0 Å². The van der Waals surface area contributed by atoms with Crippen molar-refractivity contribution in [2.24, 2.45) is 5.92 Å². The lowest BCUT2D eigenvalue weighted by molar-refractivity contribution is 0.274. The Morgan fingerprint density at radius 2 is 2.11 bits per heavy atom. The number of aryl methyl sites for hydroxylation is 1. The summed E-state index contributed by atoms with van der Waals surface area (Å²) in [5.74, 6) is 0.478. The molecular weight excluding hydrogens is 239 g/mol. The monoisotopic (exact) mass is 264 g/mol. The minimum atomic E-state index is -0.119. The van der Waals surface area contributed by atoms with Crippen molar-refractivity contribution in [3.05, 3.63) is 29.6 Å². The zero-order valence-electron chi connectivity index (χ0n) is 12.4. The second kappa shape index (κ2) is 5.91. The number of halogens is 1. The molecule has 1 aliphatic rings. The average Bonchev–Trinajstić information content (AvgIpc) is 2.39. The molecule has 0 saturated carbocycles. The smallest absolute Gasteiger partial charge is 0.126 e. The van der Waals surface area contributed by atoms with Gasteiger partial charge in [-0.25, -0.2) is 4.39 Å². The van der Waals surface area contributed by atoms with Crippen molar-refractivity contribution in [3.63, 3.8) is 0 Å². The Labute approximate surface area is 116 Å².